The highest BCUT2D eigenvalue weighted by Gasteiger charge is 2.15. The van der Waals surface area contributed by atoms with E-state index in [0.717, 1.165) is 29.0 Å². The molecular formula is C27H28ClFN6OS. The van der Waals surface area contributed by atoms with Crippen molar-refractivity contribution in [2.45, 2.75) is 13.0 Å². The Balaban J connectivity index is 1.52. The number of halogens is 2. The topological polar surface area (TPSA) is 82.2 Å². The second kappa shape index (κ2) is 12.6. The summed E-state index contributed by atoms with van der Waals surface area (Å²) in [5.74, 6) is 0.363. The van der Waals surface area contributed by atoms with Crippen molar-refractivity contribution >= 4 is 46.3 Å². The number of rotatable bonds is 11. The highest BCUT2D eigenvalue weighted by Crippen LogP contribution is 2.33. The summed E-state index contributed by atoms with van der Waals surface area (Å²) in [6.45, 7) is 2.10. The zero-order valence-electron chi connectivity index (χ0n) is 20.6. The molecule has 3 N–H and O–H groups in total. The van der Waals surface area contributed by atoms with Crippen LogP contribution < -0.4 is 16.0 Å². The number of nitrogens with zero attached hydrogens (tertiary/aromatic N) is 3. The van der Waals surface area contributed by atoms with Gasteiger partial charge >= 0.3 is 0 Å². The summed E-state index contributed by atoms with van der Waals surface area (Å²) in [5.41, 5.74) is 2.40. The number of thiophene rings is 1. The Morgan fingerprint density at radius 2 is 1.92 bits per heavy atom. The van der Waals surface area contributed by atoms with Crippen molar-refractivity contribution in [1.82, 2.24) is 20.2 Å². The van der Waals surface area contributed by atoms with E-state index in [4.69, 9.17) is 11.6 Å². The lowest BCUT2D eigenvalue weighted by molar-refractivity contribution is 0.0955. The van der Waals surface area contributed by atoms with Crippen LogP contribution in [0.4, 0.5) is 21.8 Å². The third-order valence-electron chi connectivity index (χ3n) is 5.43. The zero-order valence-corrected chi connectivity index (χ0v) is 22.2. The van der Waals surface area contributed by atoms with Gasteiger partial charge in [0.05, 0.1) is 15.5 Å². The van der Waals surface area contributed by atoms with E-state index >= 15 is 0 Å². The molecule has 4 rings (SSSR count). The monoisotopic (exact) mass is 538 g/mol. The van der Waals surface area contributed by atoms with Gasteiger partial charge in [0.1, 0.15) is 11.6 Å². The highest BCUT2D eigenvalue weighted by atomic mass is 35.5. The number of anilines is 3. The molecule has 10 heteroatoms. The third-order valence-corrected chi connectivity index (χ3v) is 6.84. The lowest BCUT2D eigenvalue weighted by atomic mass is 10.2. The van der Waals surface area contributed by atoms with E-state index in [-0.39, 0.29) is 10.9 Å². The first kappa shape index (κ1) is 26.5. The Bertz CT molecular complexity index is 1350. The summed E-state index contributed by atoms with van der Waals surface area (Å²) in [7, 11) is 4.06. The summed E-state index contributed by atoms with van der Waals surface area (Å²) in [5, 5.41) is 9.45. The van der Waals surface area contributed by atoms with E-state index in [1.165, 1.54) is 23.5 Å². The molecule has 4 aromatic rings. The molecule has 2 heterocycles. The van der Waals surface area contributed by atoms with Crippen LogP contribution in [0.3, 0.4) is 0 Å². The molecule has 192 valence electrons. The molecule has 0 saturated heterocycles. The molecule has 0 radical (unpaired) electrons. The molecule has 0 aliphatic rings. The number of amides is 1. The van der Waals surface area contributed by atoms with Crippen molar-refractivity contribution in [3.8, 4) is 10.4 Å². The lowest BCUT2D eigenvalue weighted by Crippen LogP contribution is -2.21. The molecule has 1 amide bonds. The number of nitrogens with one attached hydrogen (secondary N) is 3. The minimum Gasteiger partial charge on any atom is -0.369 e. The molecule has 7 nitrogen and oxygen atoms in total. The van der Waals surface area contributed by atoms with Crippen LogP contribution >= 0.6 is 22.9 Å². The fourth-order valence-electron chi connectivity index (χ4n) is 3.53. The quantitative estimate of drug-likeness (QED) is 0.202. The number of carbonyl (C=O) groups excluding carboxylic acids is 1. The van der Waals surface area contributed by atoms with Gasteiger partial charge in [-0.3, -0.25) is 4.79 Å². The summed E-state index contributed by atoms with van der Waals surface area (Å²) in [4.78, 5) is 25.4. The summed E-state index contributed by atoms with van der Waals surface area (Å²) in [6.07, 6.45) is 2.64. The maximum atomic E-state index is 13.5. The van der Waals surface area contributed by atoms with Gasteiger partial charge in [-0.25, -0.2) is 9.37 Å². The predicted molar refractivity (Wildman–Crippen MR) is 149 cm³/mol. The van der Waals surface area contributed by atoms with Crippen molar-refractivity contribution in [3.63, 3.8) is 0 Å². The highest BCUT2D eigenvalue weighted by molar-refractivity contribution is 7.17. The van der Waals surface area contributed by atoms with Crippen LogP contribution in [-0.4, -0.2) is 48.0 Å². The smallest absolute Gasteiger partial charge is 0.261 e. The van der Waals surface area contributed by atoms with Gasteiger partial charge < -0.3 is 20.9 Å². The average Bonchev–Trinajstić information content (AvgIpc) is 3.38. The van der Waals surface area contributed by atoms with Gasteiger partial charge in [0.15, 0.2) is 0 Å². The zero-order chi connectivity index (χ0) is 26.2. The van der Waals surface area contributed by atoms with Crippen molar-refractivity contribution in [2.75, 3.05) is 37.8 Å². The molecule has 0 spiro atoms. The minimum atomic E-state index is -0.493. The van der Waals surface area contributed by atoms with Crippen LogP contribution in [-0.2, 0) is 6.54 Å². The molecule has 2 aromatic heterocycles. The number of hydrogen-bond donors (Lipinski definition) is 3. The first-order chi connectivity index (χ1) is 17.9. The largest absolute Gasteiger partial charge is 0.369 e. The van der Waals surface area contributed by atoms with E-state index in [9.17, 15) is 9.18 Å². The maximum Gasteiger partial charge on any atom is 0.261 e. The van der Waals surface area contributed by atoms with Crippen LogP contribution in [0, 0.1) is 5.82 Å². The number of hydrogen-bond acceptors (Lipinski definition) is 7. The molecule has 0 fully saturated rings. The van der Waals surface area contributed by atoms with Crippen LogP contribution in [0.15, 0.2) is 66.9 Å². The van der Waals surface area contributed by atoms with Gasteiger partial charge in [0.2, 0.25) is 5.95 Å². The van der Waals surface area contributed by atoms with E-state index in [1.807, 2.05) is 56.6 Å². The second-order valence-electron chi connectivity index (χ2n) is 8.63. The van der Waals surface area contributed by atoms with Gasteiger partial charge in [-0.2, -0.15) is 4.98 Å². The summed E-state index contributed by atoms with van der Waals surface area (Å²) in [6, 6.07) is 17.8. The first-order valence-corrected chi connectivity index (χ1v) is 13.0. The molecular weight excluding hydrogens is 511 g/mol. The van der Waals surface area contributed by atoms with Gasteiger partial charge in [-0.15, -0.1) is 11.3 Å². The van der Waals surface area contributed by atoms with Crippen molar-refractivity contribution in [3.05, 3.63) is 88.1 Å². The van der Waals surface area contributed by atoms with Crippen LogP contribution in [0.5, 0.6) is 0 Å². The van der Waals surface area contributed by atoms with Gasteiger partial charge in [-0.1, -0.05) is 41.9 Å². The molecule has 0 aliphatic carbocycles. The van der Waals surface area contributed by atoms with E-state index < -0.39 is 5.82 Å². The molecule has 0 atom stereocenters. The predicted octanol–water partition coefficient (Wildman–Crippen LogP) is 6.03. The minimum absolute atomic E-state index is 0.0142. The van der Waals surface area contributed by atoms with Gasteiger partial charge in [0, 0.05) is 29.9 Å². The standard InChI is InChI=1S/C27H28ClFN6OS/c1-35(2)14-6-13-30-25-20(17-32-27(34-25)33-19-9-10-22(29)21(28)15-19)23-11-12-24(37-23)26(36)31-16-18-7-4-3-5-8-18/h3-5,7-12,15,17H,6,13-14,16H2,1-2H3,(H,31,36)(H2,30,32,33,34). The Morgan fingerprint density at radius 3 is 2.68 bits per heavy atom. The van der Waals surface area contributed by atoms with Gasteiger partial charge in [0.25, 0.3) is 5.91 Å². The normalized spacial score (nSPS) is 10.9. The summed E-state index contributed by atoms with van der Waals surface area (Å²) < 4.78 is 13.5. The molecule has 2 aromatic carbocycles. The van der Waals surface area contributed by atoms with Crippen molar-refractivity contribution in [2.24, 2.45) is 0 Å². The Kier molecular flexibility index (Phi) is 9.05. The van der Waals surface area contributed by atoms with Gasteiger partial charge in [-0.05, 0) is 63.0 Å². The SMILES string of the molecule is CN(C)CCCNc1nc(Nc2ccc(F)c(Cl)c2)ncc1-c1ccc(C(=O)NCc2ccccc2)s1. The fraction of sp³-hybridized carbons (Fsp3) is 0.222. The Hall–Kier alpha value is -3.53. The van der Waals surface area contributed by atoms with E-state index in [2.05, 4.69) is 30.8 Å². The van der Waals surface area contributed by atoms with Crippen molar-refractivity contribution < 1.29 is 9.18 Å². The van der Waals surface area contributed by atoms with E-state index in [0.29, 0.717) is 35.4 Å². The second-order valence-corrected chi connectivity index (χ2v) is 10.1. The van der Waals surface area contributed by atoms with Crippen LogP contribution in [0.1, 0.15) is 21.7 Å². The molecule has 0 saturated carbocycles. The van der Waals surface area contributed by atoms with Crippen LogP contribution in [0.2, 0.25) is 5.02 Å². The first-order valence-electron chi connectivity index (χ1n) is 11.8. The van der Waals surface area contributed by atoms with Crippen molar-refractivity contribution in [1.29, 1.82) is 0 Å². The fourth-order valence-corrected chi connectivity index (χ4v) is 4.65. The number of carbonyl (C=O) groups is 1. The molecule has 0 bridgehead atoms. The third kappa shape index (κ3) is 7.48. The maximum absolute atomic E-state index is 13.5. The lowest BCUT2D eigenvalue weighted by Gasteiger charge is -2.14. The van der Waals surface area contributed by atoms with E-state index in [1.54, 1.807) is 12.3 Å². The Morgan fingerprint density at radius 1 is 1.11 bits per heavy atom. The molecule has 0 aliphatic heterocycles. The number of benzene rings is 2. The number of aromatic nitrogens is 2. The molecule has 37 heavy (non-hydrogen) atoms. The average molecular weight is 539 g/mol. The molecule has 0 unspecified atom stereocenters. The Labute approximate surface area is 224 Å². The van der Waals surface area contributed by atoms with Crippen LogP contribution in [0.25, 0.3) is 10.4 Å². The summed E-state index contributed by atoms with van der Waals surface area (Å²) >= 11 is 7.29.